The largest absolute Gasteiger partial charge is 0.384 e. The summed E-state index contributed by atoms with van der Waals surface area (Å²) in [5.74, 6) is 0.708. The molecule has 1 amide bonds. The van der Waals surface area contributed by atoms with Crippen LogP contribution in [0.4, 0.5) is 5.13 Å². The first-order valence-electron chi connectivity index (χ1n) is 3.95. The molecule has 1 N–H and O–H groups in total. The maximum atomic E-state index is 10.7. The van der Waals surface area contributed by atoms with Crippen LogP contribution >= 0.6 is 23.1 Å². The van der Waals surface area contributed by atoms with Crippen LogP contribution in [0.3, 0.4) is 0 Å². The van der Waals surface area contributed by atoms with Crippen LogP contribution in [0.25, 0.3) is 0 Å². The van der Waals surface area contributed by atoms with Crippen molar-refractivity contribution >= 4 is 34.1 Å². The molecule has 1 aromatic rings. The zero-order valence-electron chi connectivity index (χ0n) is 7.94. The van der Waals surface area contributed by atoms with Crippen LogP contribution in [0, 0.1) is 0 Å². The highest BCUT2D eigenvalue weighted by atomic mass is 32.2. The van der Waals surface area contributed by atoms with Crippen molar-refractivity contribution in [1.82, 2.24) is 10.2 Å². The van der Waals surface area contributed by atoms with Crippen molar-refractivity contribution in [1.29, 1.82) is 0 Å². The summed E-state index contributed by atoms with van der Waals surface area (Å²) < 4.78 is 5.74. The molecule has 0 radical (unpaired) electrons. The molecule has 1 rings (SSSR count). The fourth-order valence-electron chi connectivity index (χ4n) is 0.682. The van der Waals surface area contributed by atoms with Crippen LogP contribution in [0.2, 0.25) is 0 Å². The van der Waals surface area contributed by atoms with Crippen LogP contribution in [-0.2, 0) is 9.53 Å². The van der Waals surface area contributed by atoms with Crippen LogP contribution in [0.5, 0.6) is 0 Å². The Hall–Kier alpha value is -0.660. The lowest BCUT2D eigenvalue weighted by Gasteiger charge is -1.94. The molecule has 14 heavy (non-hydrogen) atoms. The standard InChI is InChI=1S/C7H11N3O2S2/c1-5(11)8-6-9-10-7(14-6)13-4-3-12-2/h3-4H2,1-2H3,(H,8,9,11). The quantitative estimate of drug-likeness (QED) is 0.471. The second kappa shape index (κ2) is 5.94. The summed E-state index contributed by atoms with van der Waals surface area (Å²) in [6.07, 6.45) is 0. The van der Waals surface area contributed by atoms with E-state index in [2.05, 4.69) is 15.5 Å². The Bertz CT molecular complexity index is 303. The monoisotopic (exact) mass is 233 g/mol. The predicted octanol–water partition coefficient (Wildman–Crippen LogP) is 1.24. The minimum absolute atomic E-state index is 0.130. The van der Waals surface area contributed by atoms with Gasteiger partial charge in [-0.25, -0.2) is 0 Å². The lowest BCUT2D eigenvalue weighted by molar-refractivity contribution is -0.114. The van der Waals surface area contributed by atoms with Gasteiger partial charge in [-0.15, -0.1) is 10.2 Å². The predicted molar refractivity (Wildman–Crippen MR) is 56.8 cm³/mol. The van der Waals surface area contributed by atoms with Crippen LogP contribution in [0.15, 0.2) is 4.34 Å². The van der Waals surface area contributed by atoms with Gasteiger partial charge in [0.25, 0.3) is 0 Å². The van der Waals surface area contributed by atoms with E-state index in [1.54, 1.807) is 18.9 Å². The van der Waals surface area contributed by atoms with Gasteiger partial charge in [0.05, 0.1) is 6.61 Å². The third-order valence-electron chi connectivity index (χ3n) is 1.20. The minimum Gasteiger partial charge on any atom is -0.384 e. The molecule has 78 valence electrons. The van der Waals surface area contributed by atoms with E-state index in [0.29, 0.717) is 11.7 Å². The number of methoxy groups -OCH3 is 1. The Morgan fingerprint density at radius 2 is 2.43 bits per heavy atom. The van der Waals surface area contributed by atoms with Gasteiger partial charge in [-0.05, 0) is 0 Å². The first kappa shape index (κ1) is 11.4. The van der Waals surface area contributed by atoms with Gasteiger partial charge >= 0.3 is 0 Å². The van der Waals surface area contributed by atoms with Gasteiger partial charge in [0.1, 0.15) is 0 Å². The number of amides is 1. The zero-order valence-corrected chi connectivity index (χ0v) is 9.57. The molecule has 0 aliphatic rings. The fourth-order valence-corrected chi connectivity index (χ4v) is 2.45. The number of carbonyl (C=O) groups excluding carboxylic acids is 1. The molecule has 7 heteroatoms. The smallest absolute Gasteiger partial charge is 0.223 e. The number of hydrogen-bond donors (Lipinski definition) is 1. The van der Waals surface area contributed by atoms with Crippen molar-refractivity contribution in [2.24, 2.45) is 0 Å². The van der Waals surface area contributed by atoms with Crippen molar-refractivity contribution in [3.05, 3.63) is 0 Å². The number of nitrogens with zero attached hydrogens (tertiary/aromatic N) is 2. The van der Waals surface area contributed by atoms with Gasteiger partial charge in [0.15, 0.2) is 4.34 Å². The first-order chi connectivity index (χ1) is 6.72. The van der Waals surface area contributed by atoms with E-state index in [9.17, 15) is 4.79 Å². The Morgan fingerprint density at radius 3 is 3.07 bits per heavy atom. The van der Waals surface area contributed by atoms with E-state index < -0.39 is 0 Å². The number of ether oxygens (including phenoxy) is 1. The topological polar surface area (TPSA) is 64.1 Å². The minimum atomic E-state index is -0.130. The van der Waals surface area contributed by atoms with Gasteiger partial charge < -0.3 is 10.1 Å². The highest BCUT2D eigenvalue weighted by Crippen LogP contribution is 2.24. The Labute approximate surface area is 90.3 Å². The van der Waals surface area contributed by atoms with Crippen LogP contribution < -0.4 is 5.32 Å². The number of hydrogen-bond acceptors (Lipinski definition) is 6. The first-order valence-corrected chi connectivity index (χ1v) is 5.75. The zero-order chi connectivity index (χ0) is 10.4. The number of anilines is 1. The molecule has 0 spiro atoms. The normalized spacial score (nSPS) is 10.1. The lowest BCUT2D eigenvalue weighted by atomic mass is 10.7. The summed E-state index contributed by atoms with van der Waals surface area (Å²) in [4.78, 5) is 10.7. The van der Waals surface area contributed by atoms with E-state index in [-0.39, 0.29) is 5.91 Å². The number of carbonyl (C=O) groups is 1. The van der Waals surface area contributed by atoms with Gasteiger partial charge in [-0.3, -0.25) is 4.79 Å². The van der Waals surface area contributed by atoms with Gasteiger partial charge in [-0.2, -0.15) is 0 Å². The summed E-state index contributed by atoms with van der Waals surface area (Å²) >= 11 is 2.93. The molecule has 0 aliphatic heterocycles. The van der Waals surface area contributed by atoms with Crippen molar-refractivity contribution in [3.8, 4) is 0 Å². The van der Waals surface area contributed by atoms with Gasteiger partial charge in [0.2, 0.25) is 11.0 Å². The summed E-state index contributed by atoms with van der Waals surface area (Å²) in [5, 5.41) is 10.8. The molecule has 0 atom stereocenters. The molecule has 0 saturated heterocycles. The third-order valence-corrected chi connectivity index (χ3v) is 3.14. The highest BCUT2D eigenvalue weighted by Gasteiger charge is 2.04. The molecule has 0 unspecified atom stereocenters. The summed E-state index contributed by atoms with van der Waals surface area (Å²) in [5.41, 5.74) is 0. The average Bonchev–Trinajstić information content (AvgIpc) is 2.52. The van der Waals surface area contributed by atoms with Crippen molar-refractivity contribution < 1.29 is 9.53 Å². The molecule has 0 aromatic carbocycles. The molecular formula is C7H11N3O2S2. The van der Waals surface area contributed by atoms with Crippen molar-refractivity contribution in [2.45, 2.75) is 11.3 Å². The second-order valence-electron chi connectivity index (χ2n) is 2.40. The molecule has 5 nitrogen and oxygen atoms in total. The van der Waals surface area contributed by atoms with Crippen molar-refractivity contribution in [2.75, 3.05) is 24.8 Å². The fraction of sp³-hybridized carbons (Fsp3) is 0.571. The van der Waals surface area contributed by atoms with Crippen LogP contribution in [-0.4, -0.2) is 35.6 Å². The van der Waals surface area contributed by atoms with E-state index in [0.717, 1.165) is 10.1 Å². The summed E-state index contributed by atoms with van der Waals surface area (Å²) in [6.45, 7) is 2.12. The van der Waals surface area contributed by atoms with Crippen LogP contribution in [0.1, 0.15) is 6.92 Å². The lowest BCUT2D eigenvalue weighted by Crippen LogP contribution is -2.04. The highest BCUT2D eigenvalue weighted by molar-refractivity contribution is 8.01. The molecular weight excluding hydrogens is 222 g/mol. The number of thioether (sulfide) groups is 1. The van der Waals surface area contributed by atoms with E-state index >= 15 is 0 Å². The Balaban J connectivity index is 2.38. The number of nitrogens with one attached hydrogen (secondary N) is 1. The maximum absolute atomic E-state index is 10.7. The Morgan fingerprint density at radius 1 is 1.64 bits per heavy atom. The van der Waals surface area contributed by atoms with E-state index in [1.165, 1.54) is 18.3 Å². The van der Waals surface area contributed by atoms with Gasteiger partial charge in [-0.1, -0.05) is 23.1 Å². The molecule has 0 saturated carbocycles. The molecule has 1 heterocycles. The molecule has 0 fully saturated rings. The average molecular weight is 233 g/mol. The second-order valence-corrected chi connectivity index (χ2v) is 4.72. The van der Waals surface area contributed by atoms with E-state index in [1.807, 2.05) is 0 Å². The van der Waals surface area contributed by atoms with Crippen molar-refractivity contribution in [3.63, 3.8) is 0 Å². The SMILES string of the molecule is COCCSc1nnc(NC(C)=O)s1. The summed E-state index contributed by atoms with van der Waals surface area (Å²) in [7, 11) is 1.66. The molecule has 1 aromatic heterocycles. The number of rotatable bonds is 5. The maximum Gasteiger partial charge on any atom is 0.223 e. The molecule has 0 bridgehead atoms. The molecule has 0 aliphatic carbocycles. The van der Waals surface area contributed by atoms with Gasteiger partial charge in [0, 0.05) is 19.8 Å². The third kappa shape index (κ3) is 4.03. The Kier molecular flexibility index (Phi) is 4.85. The number of aromatic nitrogens is 2. The summed E-state index contributed by atoms with van der Waals surface area (Å²) in [6, 6.07) is 0. The van der Waals surface area contributed by atoms with E-state index in [4.69, 9.17) is 4.74 Å².